The molecule has 0 saturated carbocycles. The molecule has 1 aliphatic rings. The molecule has 1 fully saturated rings. The zero-order valence-corrected chi connectivity index (χ0v) is 9.08. The summed E-state index contributed by atoms with van der Waals surface area (Å²) in [6.45, 7) is 4.69. The van der Waals surface area contributed by atoms with Crippen LogP contribution in [0.25, 0.3) is 0 Å². The summed E-state index contributed by atoms with van der Waals surface area (Å²) in [7, 11) is 0. The van der Waals surface area contributed by atoms with E-state index >= 15 is 0 Å². The summed E-state index contributed by atoms with van der Waals surface area (Å²) in [6, 6.07) is 0. The van der Waals surface area contributed by atoms with Crippen LogP contribution in [0.1, 0.15) is 46.0 Å². The molecule has 2 atom stereocenters. The van der Waals surface area contributed by atoms with Gasteiger partial charge in [0.25, 0.3) is 0 Å². The molecule has 0 radical (unpaired) electrons. The molecule has 1 aliphatic heterocycles. The molecule has 0 aromatic carbocycles. The second kappa shape index (κ2) is 4.78. The Morgan fingerprint density at radius 2 is 2.21 bits per heavy atom. The minimum Gasteiger partial charge on any atom is -0.479 e. The highest BCUT2D eigenvalue weighted by Crippen LogP contribution is 2.36. The molecule has 0 aromatic heterocycles. The molecule has 1 heterocycles. The van der Waals surface area contributed by atoms with E-state index in [-0.39, 0.29) is 0 Å². The van der Waals surface area contributed by atoms with Crippen molar-refractivity contribution in [2.24, 2.45) is 5.92 Å². The van der Waals surface area contributed by atoms with Gasteiger partial charge in [0.15, 0.2) is 5.60 Å². The molecule has 1 rings (SSSR count). The largest absolute Gasteiger partial charge is 0.479 e. The molecule has 3 nitrogen and oxygen atoms in total. The predicted molar refractivity (Wildman–Crippen MR) is 54.2 cm³/mol. The van der Waals surface area contributed by atoms with Gasteiger partial charge in [0, 0.05) is 0 Å². The Morgan fingerprint density at radius 3 is 2.57 bits per heavy atom. The Morgan fingerprint density at radius 1 is 1.57 bits per heavy atom. The van der Waals surface area contributed by atoms with E-state index in [1.807, 2.05) is 0 Å². The topological polar surface area (TPSA) is 49.8 Å². The van der Waals surface area contributed by atoms with Crippen molar-refractivity contribution >= 4 is 5.97 Å². The van der Waals surface area contributed by atoms with Crippen molar-refractivity contribution in [3.63, 3.8) is 0 Å². The fourth-order valence-corrected chi connectivity index (χ4v) is 1.83. The zero-order valence-electron chi connectivity index (χ0n) is 9.08. The van der Waals surface area contributed by atoms with Crippen molar-refractivity contribution in [1.29, 1.82) is 0 Å². The molecule has 1 saturated heterocycles. The molecule has 0 amide bonds. The second-order valence-corrected chi connectivity index (χ2v) is 4.21. The molecular formula is C11H20O3. The van der Waals surface area contributed by atoms with Crippen LogP contribution in [-0.2, 0) is 9.53 Å². The fourth-order valence-electron chi connectivity index (χ4n) is 1.83. The number of hydrogen-bond donors (Lipinski definition) is 1. The summed E-state index contributed by atoms with van der Waals surface area (Å²) in [5.41, 5.74) is -0.811. The Balaban J connectivity index is 2.36. The van der Waals surface area contributed by atoms with E-state index in [0.29, 0.717) is 18.9 Å². The highest BCUT2D eigenvalue weighted by atomic mass is 16.6. The van der Waals surface area contributed by atoms with Crippen molar-refractivity contribution in [2.45, 2.75) is 51.6 Å². The van der Waals surface area contributed by atoms with E-state index < -0.39 is 11.6 Å². The maximum absolute atomic E-state index is 10.9. The van der Waals surface area contributed by atoms with Crippen molar-refractivity contribution in [3.8, 4) is 0 Å². The number of unbranched alkanes of at least 4 members (excludes halogenated alkanes) is 1. The summed E-state index contributed by atoms with van der Waals surface area (Å²) < 4.78 is 5.07. The number of aliphatic carboxylic acids is 1. The quantitative estimate of drug-likeness (QED) is 0.642. The Labute approximate surface area is 85.5 Å². The molecule has 1 N–H and O–H groups in total. The summed E-state index contributed by atoms with van der Waals surface area (Å²) >= 11 is 0. The van der Waals surface area contributed by atoms with Crippen LogP contribution in [0.4, 0.5) is 0 Å². The lowest BCUT2D eigenvalue weighted by atomic mass is 9.89. The first-order valence-corrected chi connectivity index (χ1v) is 5.52. The van der Waals surface area contributed by atoms with Gasteiger partial charge >= 0.3 is 5.97 Å². The lowest BCUT2D eigenvalue weighted by molar-refractivity contribution is -0.143. The minimum absolute atomic E-state index is 0.408. The summed E-state index contributed by atoms with van der Waals surface area (Å²) in [6.07, 6.45) is 5.24. The first-order chi connectivity index (χ1) is 6.64. The van der Waals surface area contributed by atoms with E-state index in [2.05, 4.69) is 13.8 Å². The van der Waals surface area contributed by atoms with Gasteiger partial charge in [-0.25, -0.2) is 4.79 Å². The highest BCUT2D eigenvalue weighted by Gasteiger charge is 2.53. The van der Waals surface area contributed by atoms with Crippen LogP contribution in [-0.4, -0.2) is 23.3 Å². The van der Waals surface area contributed by atoms with Crippen molar-refractivity contribution in [2.75, 3.05) is 6.61 Å². The third kappa shape index (κ3) is 2.71. The molecule has 0 bridgehead atoms. The number of ether oxygens (including phenoxy) is 1. The van der Waals surface area contributed by atoms with Gasteiger partial charge in [-0.1, -0.05) is 39.5 Å². The molecule has 0 aromatic rings. The third-order valence-electron chi connectivity index (χ3n) is 3.04. The van der Waals surface area contributed by atoms with Gasteiger partial charge in [0.2, 0.25) is 0 Å². The van der Waals surface area contributed by atoms with Gasteiger partial charge in [-0.05, 0) is 12.3 Å². The lowest BCUT2D eigenvalue weighted by Gasteiger charge is -2.16. The maximum Gasteiger partial charge on any atom is 0.338 e. The average molecular weight is 200 g/mol. The van der Waals surface area contributed by atoms with E-state index in [9.17, 15) is 4.79 Å². The van der Waals surface area contributed by atoms with E-state index in [0.717, 1.165) is 12.8 Å². The SMILES string of the molecule is CCCCC(CC)CC1(C(=O)O)CO1. The molecular weight excluding hydrogens is 180 g/mol. The van der Waals surface area contributed by atoms with Gasteiger partial charge in [-0.15, -0.1) is 0 Å². The number of carboxylic acids is 1. The second-order valence-electron chi connectivity index (χ2n) is 4.21. The summed E-state index contributed by atoms with van der Waals surface area (Å²) in [4.78, 5) is 10.9. The van der Waals surface area contributed by atoms with E-state index in [1.54, 1.807) is 0 Å². The van der Waals surface area contributed by atoms with E-state index in [4.69, 9.17) is 9.84 Å². The molecule has 0 spiro atoms. The Hall–Kier alpha value is -0.570. The van der Waals surface area contributed by atoms with E-state index in [1.165, 1.54) is 12.8 Å². The minimum atomic E-state index is -0.811. The van der Waals surface area contributed by atoms with Crippen LogP contribution in [0.15, 0.2) is 0 Å². The molecule has 2 unspecified atom stereocenters. The van der Waals surface area contributed by atoms with Crippen LogP contribution in [0.3, 0.4) is 0 Å². The van der Waals surface area contributed by atoms with Crippen molar-refractivity contribution in [3.05, 3.63) is 0 Å². The monoisotopic (exact) mass is 200 g/mol. The maximum atomic E-state index is 10.9. The molecule has 3 heteroatoms. The van der Waals surface area contributed by atoms with Gasteiger partial charge in [0.05, 0.1) is 6.61 Å². The van der Waals surface area contributed by atoms with Gasteiger partial charge in [-0.2, -0.15) is 0 Å². The van der Waals surface area contributed by atoms with Crippen LogP contribution >= 0.6 is 0 Å². The van der Waals surface area contributed by atoms with Crippen LogP contribution in [0, 0.1) is 5.92 Å². The summed E-state index contributed by atoms with van der Waals surface area (Å²) in [5.74, 6) is -0.277. The third-order valence-corrected chi connectivity index (χ3v) is 3.04. The average Bonchev–Trinajstić information content (AvgIpc) is 2.93. The normalized spacial score (nSPS) is 27.3. The zero-order chi connectivity index (χ0) is 10.6. The fraction of sp³-hybridized carbons (Fsp3) is 0.909. The number of carboxylic acid groups (broad SMARTS) is 1. The number of rotatable bonds is 7. The van der Waals surface area contributed by atoms with Gasteiger partial charge in [-0.3, -0.25) is 0 Å². The summed E-state index contributed by atoms with van der Waals surface area (Å²) in [5, 5.41) is 8.95. The number of epoxide rings is 1. The predicted octanol–water partition coefficient (Wildman–Crippen LogP) is 2.45. The molecule has 14 heavy (non-hydrogen) atoms. The number of carbonyl (C=O) groups is 1. The highest BCUT2D eigenvalue weighted by molar-refractivity contribution is 5.80. The van der Waals surface area contributed by atoms with Gasteiger partial charge in [0.1, 0.15) is 0 Å². The first kappa shape index (κ1) is 11.5. The Kier molecular flexibility index (Phi) is 3.93. The number of hydrogen-bond acceptors (Lipinski definition) is 2. The van der Waals surface area contributed by atoms with Crippen LogP contribution < -0.4 is 0 Å². The molecule has 82 valence electrons. The first-order valence-electron chi connectivity index (χ1n) is 5.52. The van der Waals surface area contributed by atoms with Crippen molar-refractivity contribution < 1.29 is 14.6 Å². The van der Waals surface area contributed by atoms with Gasteiger partial charge < -0.3 is 9.84 Å². The lowest BCUT2D eigenvalue weighted by Crippen LogP contribution is -2.27. The standard InChI is InChI=1S/C11H20O3/c1-3-5-6-9(4-2)7-11(8-14-11)10(12)13/h9H,3-8H2,1-2H3,(H,12,13). The molecule has 0 aliphatic carbocycles. The van der Waals surface area contributed by atoms with Crippen LogP contribution in [0.5, 0.6) is 0 Å². The smallest absolute Gasteiger partial charge is 0.338 e. The van der Waals surface area contributed by atoms with Crippen molar-refractivity contribution in [1.82, 2.24) is 0 Å². The Bertz CT molecular complexity index is 197. The van der Waals surface area contributed by atoms with Crippen LogP contribution in [0.2, 0.25) is 0 Å².